The van der Waals surface area contributed by atoms with Crippen LogP contribution in [0.1, 0.15) is 17.3 Å². The predicted molar refractivity (Wildman–Crippen MR) is 142 cm³/mol. The number of nitrogens with zero attached hydrogens (tertiary/aromatic N) is 3. The van der Waals surface area contributed by atoms with Crippen LogP contribution in [0.15, 0.2) is 59.6 Å². The summed E-state index contributed by atoms with van der Waals surface area (Å²) in [5.41, 5.74) is 0.356. The molecule has 0 saturated carbocycles. The molecule has 1 N–H and O–H groups in total. The van der Waals surface area contributed by atoms with E-state index < -0.39 is 22.0 Å². The molecule has 4 rings (SSSR count). The van der Waals surface area contributed by atoms with Crippen molar-refractivity contribution >= 4 is 68.0 Å². The number of carbonyl (C=O) groups is 2. The van der Waals surface area contributed by atoms with Crippen molar-refractivity contribution in [2.75, 3.05) is 29.8 Å². The maximum Gasteiger partial charge on any atom is 0.264 e. The molecule has 37 heavy (non-hydrogen) atoms. The Bertz CT molecular complexity index is 1460. The molecule has 0 aliphatic carbocycles. The molecule has 1 aromatic heterocycles. The number of hydrogen-bond donors (Lipinski definition) is 1. The van der Waals surface area contributed by atoms with Crippen molar-refractivity contribution in [3.8, 4) is 5.88 Å². The van der Waals surface area contributed by atoms with E-state index in [4.69, 9.17) is 39.5 Å². The van der Waals surface area contributed by atoms with Gasteiger partial charge in [0.25, 0.3) is 15.9 Å². The number of halogens is 3. The molecular formula is C24H21Cl3N4O5S. The Hall–Kier alpha value is -3.05. The summed E-state index contributed by atoms with van der Waals surface area (Å²) in [5, 5.41) is 3.21. The van der Waals surface area contributed by atoms with E-state index in [0.29, 0.717) is 0 Å². The molecule has 0 spiro atoms. The number of fused-ring (bicyclic) bond motifs is 1. The number of anilines is 2. The number of hydrogen-bond acceptors (Lipinski definition) is 6. The first kappa shape index (κ1) is 27.0. The number of sulfonamides is 1. The predicted octanol–water partition coefficient (Wildman–Crippen LogP) is 4.73. The summed E-state index contributed by atoms with van der Waals surface area (Å²) in [4.78, 5) is 30.3. The third kappa shape index (κ3) is 5.77. The average Bonchev–Trinajstić information content (AvgIpc) is 2.83. The van der Waals surface area contributed by atoms with E-state index >= 15 is 0 Å². The minimum absolute atomic E-state index is 0.0209. The van der Waals surface area contributed by atoms with Crippen LogP contribution in [0.5, 0.6) is 5.88 Å². The number of benzene rings is 2. The van der Waals surface area contributed by atoms with Gasteiger partial charge < -0.3 is 15.0 Å². The highest BCUT2D eigenvalue weighted by atomic mass is 35.5. The van der Waals surface area contributed by atoms with Crippen LogP contribution in [0.3, 0.4) is 0 Å². The van der Waals surface area contributed by atoms with Crippen LogP contribution in [0.4, 0.5) is 11.4 Å². The highest BCUT2D eigenvalue weighted by molar-refractivity contribution is 7.92. The Balaban J connectivity index is 1.73. The summed E-state index contributed by atoms with van der Waals surface area (Å²) < 4.78 is 34.4. The largest absolute Gasteiger partial charge is 0.469 e. The summed E-state index contributed by atoms with van der Waals surface area (Å²) in [7, 11) is -2.54. The molecule has 1 atom stereocenters. The van der Waals surface area contributed by atoms with Crippen LogP contribution < -0.4 is 14.4 Å². The SMILES string of the molecule is CC(=O)N(C)C[C@H]1CN(S(=O)(=O)c2cccc(Cl)c2)c2cc(NC(=O)c3c(Cl)cccc3Cl)cnc2O1. The number of pyridine rings is 1. The van der Waals surface area contributed by atoms with Crippen molar-refractivity contribution in [1.29, 1.82) is 0 Å². The molecule has 3 aromatic rings. The normalized spacial score (nSPS) is 14.9. The molecule has 1 aliphatic rings. The molecule has 194 valence electrons. The van der Waals surface area contributed by atoms with Crippen molar-refractivity contribution in [2.45, 2.75) is 17.9 Å². The highest BCUT2D eigenvalue weighted by Gasteiger charge is 2.36. The molecular weight excluding hydrogens is 563 g/mol. The minimum Gasteiger partial charge on any atom is -0.469 e. The highest BCUT2D eigenvalue weighted by Crippen LogP contribution is 2.38. The molecule has 0 fully saturated rings. The lowest BCUT2D eigenvalue weighted by atomic mass is 10.2. The zero-order chi connectivity index (χ0) is 26.9. The van der Waals surface area contributed by atoms with Crippen molar-refractivity contribution < 1.29 is 22.7 Å². The molecule has 0 saturated heterocycles. The Morgan fingerprint density at radius 1 is 1.14 bits per heavy atom. The van der Waals surface area contributed by atoms with Gasteiger partial charge in [0.1, 0.15) is 11.8 Å². The standard InChI is InChI=1S/C24H21Cl3N4O5S/c1-14(32)30(2)12-17-13-31(37(34,35)18-6-3-5-15(25)9-18)21-10-16(11-28-24(21)36-17)29-23(33)22-19(26)7-4-8-20(22)27/h3-11,17H,12-13H2,1-2H3,(H,29,33)/t17-/m0/s1. The third-order valence-corrected chi connectivity index (χ3v) is 8.24. The van der Waals surface area contributed by atoms with E-state index in [-0.39, 0.29) is 61.8 Å². The number of amides is 2. The number of likely N-dealkylation sites (N-methyl/N-ethyl adjacent to an activating group) is 1. The van der Waals surface area contributed by atoms with E-state index in [0.717, 1.165) is 4.31 Å². The Kier molecular flexibility index (Phi) is 7.84. The Labute approximate surface area is 228 Å². The van der Waals surface area contributed by atoms with Crippen molar-refractivity contribution in [3.05, 3.63) is 75.4 Å². The second kappa shape index (κ2) is 10.7. The quantitative estimate of drug-likeness (QED) is 0.450. The first-order valence-corrected chi connectivity index (χ1v) is 13.5. The van der Waals surface area contributed by atoms with E-state index in [1.165, 1.54) is 54.4 Å². The van der Waals surface area contributed by atoms with Crippen molar-refractivity contribution in [1.82, 2.24) is 9.88 Å². The molecule has 13 heteroatoms. The van der Waals surface area contributed by atoms with Gasteiger partial charge in [0.2, 0.25) is 11.8 Å². The lowest BCUT2D eigenvalue weighted by molar-refractivity contribution is -0.128. The van der Waals surface area contributed by atoms with Gasteiger partial charge in [-0.05, 0) is 36.4 Å². The van der Waals surface area contributed by atoms with E-state index in [9.17, 15) is 18.0 Å². The summed E-state index contributed by atoms with van der Waals surface area (Å²) in [6.07, 6.45) is 0.619. The number of aromatic nitrogens is 1. The minimum atomic E-state index is -4.13. The smallest absolute Gasteiger partial charge is 0.264 e. The Morgan fingerprint density at radius 2 is 1.81 bits per heavy atom. The second-order valence-corrected chi connectivity index (χ2v) is 11.3. The molecule has 1 aliphatic heterocycles. The van der Waals surface area contributed by atoms with Crippen molar-refractivity contribution in [2.24, 2.45) is 0 Å². The summed E-state index contributed by atoms with van der Waals surface area (Å²) in [6.45, 7) is 1.41. The van der Waals surface area contributed by atoms with Crippen molar-refractivity contribution in [3.63, 3.8) is 0 Å². The first-order chi connectivity index (χ1) is 17.5. The van der Waals surface area contributed by atoms with Crippen LogP contribution >= 0.6 is 34.8 Å². The Morgan fingerprint density at radius 3 is 2.46 bits per heavy atom. The lowest BCUT2D eigenvalue weighted by Gasteiger charge is -2.36. The van der Waals surface area contributed by atoms with Crippen LogP contribution in [-0.4, -0.2) is 56.4 Å². The third-order valence-electron chi connectivity index (χ3n) is 5.60. The van der Waals surface area contributed by atoms with Crippen LogP contribution in [0.25, 0.3) is 0 Å². The monoisotopic (exact) mass is 582 g/mol. The van der Waals surface area contributed by atoms with Gasteiger partial charge in [-0.2, -0.15) is 0 Å². The summed E-state index contributed by atoms with van der Waals surface area (Å²) >= 11 is 18.3. The van der Waals surface area contributed by atoms with Gasteiger partial charge in [0.05, 0.1) is 45.5 Å². The molecule has 0 bridgehead atoms. The van der Waals surface area contributed by atoms with Gasteiger partial charge in [-0.3, -0.25) is 13.9 Å². The summed E-state index contributed by atoms with van der Waals surface area (Å²) in [6, 6.07) is 11.9. The van der Waals surface area contributed by atoms with E-state index in [2.05, 4.69) is 10.3 Å². The molecule has 2 aromatic carbocycles. The molecule has 2 amide bonds. The summed E-state index contributed by atoms with van der Waals surface area (Å²) in [5.74, 6) is -0.783. The number of ether oxygens (including phenoxy) is 1. The van der Waals surface area contributed by atoms with Gasteiger partial charge in [0, 0.05) is 19.0 Å². The molecule has 2 heterocycles. The topological polar surface area (TPSA) is 109 Å². The van der Waals surface area contributed by atoms with Gasteiger partial charge in [0.15, 0.2) is 0 Å². The lowest BCUT2D eigenvalue weighted by Crippen LogP contribution is -2.48. The molecule has 0 unspecified atom stereocenters. The number of rotatable bonds is 6. The van der Waals surface area contributed by atoms with Crippen LogP contribution in [0, 0.1) is 0 Å². The van der Waals surface area contributed by atoms with Crippen LogP contribution in [0.2, 0.25) is 15.1 Å². The van der Waals surface area contributed by atoms with Gasteiger partial charge in [-0.25, -0.2) is 13.4 Å². The van der Waals surface area contributed by atoms with Gasteiger partial charge in [-0.1, -0.05) is 46.9 Å². The fraction of sp³-hybridized carbons (Fsp3) is 0.208. The maximum atomic E-state index is 13.7. The zero-order valence-electron chi connectivity index (χ0n) is 19.6. The second-order valence-electron chi connectivity index (χ2n) is 8.23. The number of carbonyl (C=O) groups excluding carboxylic acids is 2. The van der Waals surface area contributed by atoms with E-state index in [1.807, 2.05) is 0 Å². The molecule has 9 nitrogen and oxygen atoms in total. The van der Waals surface area contributed by atoms with Gasteiger partial charge >= 0.3 is 0 Å². The number of nitrogens with one attached hydrogen (secondary N) is 1. The fourth-order valence-corrected chi connectivity index (χ4v) is 6.03. The van der Waals surface area contributed by atoms with Gasteiger partial charge in [-0.15, -0.1) is 0 Å². The zero-order valence-corrected chi connectivity index (χ0v) is 22.7. The van der Waals surface area contributed by atoms with Crippen LogP contribution in [-0.2, 0) is 14.8 Å². The fourth-order valence-electron chi connectivity index (χ4n) is 3.68. The first-order valence-electron chi connectivity index (χ1n) is 10.9. The maximum absolute atomic E-state index is 13.7. The van der Waals surface area contributed by atoms with E-state index in [1.54, 1.807) is 19.2 Å². The molecule has 0 radical (unpaired) electrons. The average molecular weight is 584 g/mol.